The van der Waals surface area contributed by atoms with E-state index in [9.17, 15) is 0 Å². The van der Waals surface area contributed by atoms with E-state index >= 15 is 0 Å². The van der Waals surface area contributed by atoms with Crippen LogP contribution in [0.5, 0.6) is 0 Å². The molecule has 0 spiro atoms. The summed E-state index contributed by atoms with van der Waals surface area (Å²) in [6, 6.07) is 28.2. The predicted octanol–water partition coefficient (Wildman–Crippen LogP) is 7.19. The number of aromatic nitrogens is 1. The fourth-order valence-corrected chi connectivity index (χ4v) is 7.56. The summed E-state index contributed by atoms with van der Waals surface area (Å²) in [7, 11) is 0. The SMILES string of the molecule is c1ccc(-c2cccc(SNCC3CCCC[C@H]3CN3CCN(c4nsc5ccccc45)CC3)c2)cc1. The molecule has 6 heteroatoms. The van der Waals surface area contributed by atoms with Gasteiger partial charge in [0.15, 0.2) is 0 Å². The number of fused-ring (bicyclic) bond motifs is 1. The van der Waals surface area contributed by atoms with Crippen LogP contribution < -0.4 is 9.62 Å². The molecule has 2 atom stereocenters. The van der Waals surface area contributed by atoms with Gasteiger partial charge < -0.3 is 4.90 Å². The smallest absolute Gasteiger partial charge is 0.150 e. The second kappa shape index (κ2) is 12.0. The summed E-state index contributed by atoms with van der Waals surface area (Å²) in [6.45, 7) is 6.78. The van der Waals surface area contributed by atoms with Crippen molar-refractivity contribution in [2.75, 3.05) is 44.2 Å². The lowest BCUT2D eigenvalue weighted by Gasteiger charge is -2.40. The van der Waals surface area contributed by atoms with Crippen molar-refractivity contribution in [3.8, 4) is 11.1 Å². The maximum Gasteiger partial charge on any atom is 0.150 e. The van der Waals surface area contributed by atoms with Gasteiger partial charge in [-0.3, -0.25) is 9.62 Å². The van der Waals surface area contributed by atoms with Crippen LogP contribution in [-0.2, 0) is 0 Å². The molecule has 2 aliphatic rings. The number of benzene rings is 3. The summed E-state index contributed by atoms with van der Waals surface area (Å²) >= 11 is 3.42. The maximum absolute atomic E-state index is 4.79. The summed E-state index contributed by atoms with van der Waals surface area (Å²) in [5, 5.41) is 1.31. The number of nitrogens with zero attached hydrogens (tertiary/aromatic N) is 3. The van der Waals surface area contributed by atoms with Crippen LogP contribution in [0.3, 0.4) is 0 Å². The third-order valence-corrected chi connectivity index (χ3v) is 9.68. The number of nitrogens with one attached hydrogen (secondary N) is 1. The van der Waals surface area contributed by atoms with E-state index in [0.29, 0.717) is 0 Å². The molecule has 2 heterocycles. The first-order valence-corrected chi connectivity index (χ1v) is 15.3. The van der Waals surface area contributed by atoms with Crippen LogP contribution in [0.25, 0.3) is 21.2 Å². The van der Waals surface area contributed by atoms with Gasteiger partial charge in [0.05, 0.1) is 4.70 Å². The zero-order valence-electron chi connectivity index (χ0n) is 21.4. The van der Waals surface area contributed by atoms with E-state index in [1.165, 1.54) is 64.2 Å². The zero-order chi connectivity index (χ0) is 24.9. The van der Waals surface area contributed by atoms with Gasteiger partial charge in [0, 0.05) is 49.6 Å². The zero-order valence-corrected chi connectivity index (χ0v) is 23.0. The van der Waals surface area contributed by atoms with Gasteiger partial charge in [-0.25, -0.2) is 0 Å². The van der Waals surface area contributed by atoms with Crippen LogP contribution in [0.15, 0.2) is 83.8 Å². The van der Waals surface area contributed by atoms with E-state index in [-0.39, 0.29) is 0 Å². The first-order chi connectivity index (χ1) is 18.3. The van der Waals surface area contributed by atoms with Gasteiger partial charge >= 0.3 is 0 Å². The summed E-state index contributed by atoms with van der Waals surface area (Å²) in [6.07, 6.45) is 5.49. The Morgan fingerprint density at radius 2 is 1.57 bits per heavy atom. The lowest BCUT2D eigenvalue weighted by atomic mass is 9.79. The Hall–Kier alpha value is -2.38. The van der Waals surface area contributed by atoms with Gasteiger partial charge in [-0.1, -0.05) is 67.4 Å². The highest BCUT2D eigenvalue weighted by atomic mass is 32.2. The highest BCUT2D eigenvalue weighted by molar-refractivity contribution is 7.97. The summed E-state index contributed by atoms with van der Waals surface area (Å²) < 4.78 is 9.83. The number of piperazine rings is 1. The van der Waals surface area contributed by atoms with Crippen LogP contribution in [0.4, 0.5) is 5.82 Å². The minimum absolute atomic E-state index is 0.763. The van der Waals surface area contributed by atoms with Crippen molar-refractivity contribution in [3.63, 3.8) is 0 Å². The molecule has 1 saturated carbocycles. The van der Waals surface area contributed by atoms with Crippen LogP contribution in [-0.4, -0.2) is 48.5 Å². The first-order valence-electron chi connectivity index (χ1n) is 13.7. The molecule has 1 aliphatic heterocycles. The molecule has 192 valence electrons. The average molecular weight is 529 g/mol. The Kier molecular flexibility index (Phi) is 8.08. The van der Waals surface area contributed by atoms with Crippen molar-refractivity contribution in [2.45, 2.75) is 30.6 Å². The summed E-state index contributed by atoms with van der Waals surface area (Å²) in [5.74, 6) is 2.75. The van der Waals surface area contributed by atoms with Gasteiger partial charge in [0.1, 0.15) is 5.82 Å². The van der Waals surface area contributed by atoms with Crippen LogP contribution in [0, 0.1) is 11.8 Å². The molecule has 0 bridgehead atoms. The molecule has 3 aromatic carbocycles. The topological polar surface area (TPSA) is 31.4 Å². The normalized spacial score (nSPS) is 20.9. The van der Waals surface area contributed by atoms with Crippen molar-refractivity contribution < 1.29 is 0 Å². The van der Waals surface area contributed by atoms with Crippen molar-refractivity contribution in [3.05, 3.63) is 78.9 Å². The summed E-state index contributed by atoms with van der Waals surface area (Å²) in [5.41, 5.74) is 2.56. The van der Waals surface area contributed by atoms with Crippen LogP contribution in [0.2, 0.25) is 0 Å². The third-order valence-electron chi connectivity index (χ3n) is 8.07. The molecule has 37 heavy (non-hydrogen) atoms. The standard InChI is InChI=1S/C31H36N4S2/c1-2-9-24(10-3-1)25-13-8-14-28(21-25)36-32-22-26-11-4-5-12-27(26)23-34-17-19-35(20-18-34)31-29-15-6-7-16-30(29)37-33-31/h1-3,6-10,13-16,21,26-27,32H,4-5,11-12,17-20,22-23H2/t26?,27-/m0/s1. The monoisotopic (exact) mass is 528 g/mol. The molecular formula is C31H36N4S2. The molecule has 2 fully saturated rings. The van der Waals surface area contributed by atoms with Gasteiger partial charge in [-0.15, -0.1) is 0 Å². The molecule has 1 saturated heterocycles. The largest absolute Gasteiger partial charge is 0.353 e. The molecule has 0 amide bonds. The second-order valence-corrected chi connectivity index (χ2v) is 12.2. The Labute approximate surface area is 229 Å². The lowest BCUT2D eigenvalue weighted by Crippen LogP contribution is -2.49. The molecule has 1 aliphatic carbocycles. The van der Waals surface area contributed by atoms with Gasteiger partial charge in [0.2, 0.25) is 0 Å². The molecule has 4 aromatic rings. The van der Waals surface area contributed by atoms with E-state index in [1.807, 2.05) is 0 Å². The van der Waals surface area contributed by atoms with E-state index in [0.717, 1.165) is 44.6 Å². The summed E-state index contributed by atoms with van der Waals surface area (Å²) in [4.78, 5) is 6.50. The average Bonchev–Trinajstić information content (AvgIpc) is 3.39. The Morgan fingerprint density at radius 1 is 0.811 bits per heavy atom. The molecule has 1 N–H and O–H groups in total. The Bertz CT molecular complexity index is 1280. The molecule has 1 aromatic heterocycles. The maximum atomic E-state index is 4.79. The van der Waals surface area contributed by atoms with Crippen LogP contribution >= 0.6 is 23.5 Å². The number of hydrogen-bond donors (Lipinski definition) is 1. The lowest BCUT2D eigenvalue weighted by molar-refractivity contribution is 0.147. The minimum atomic E-state index is 0.763. The van der Waals surface area contributed by atoms with Crippen molar-refractivity contribution in [1.82, 2.24) is 14.0 Å². The molecule has 6 rings (SSSR count). The van der Waals surface area contributed by atoms with E-state index in [1.54, 1.807) is 23.5 Å². The number of rotatable bonds is 8. The van der Waals surface area contributed by atoms with E-state index < -0.39 is 0 Å². The van der Waals surface area contributed by atoms with Gasteiger partial charge in [-0.05, 0) is 83.6 Å². The number of anilines is 1. The quantitative estimate of drug-likeness (QED) is 0.245. The van der Waals surface area contributed by atoms with Crippen molar-refractivity contribution >= 4 is 39.4 Å². The Morgan fingerprint density at radius 3 is 2.43 bits per heavy atom. The molecular weight excluding hydrogens is 493 g/mol. The second-order valence-electron chi connectivity index (χ2n) is 10.4. The van der Waals surface area contributed by atoms with Gasteiger partial charge in [0.25, 0.3) is 0 Å². The minimum Gasteiger partial charge on any atom is -0.353 e. The van der Waals surface area contributed by atoms with E-state index in [2.05, 4.69) is 93.4 Å². The predicted molar refractivity (Wildman–Crippen MR) is 159 cm³/mol. The molecule has 0 radical (unpaired) electrons. The highest BCUT2D eigenvalue weighted by Gasteiger charge is 2.29. The van der Waals surface area contributed by atoms with Crippen LogP contribution in [0.1, 0.15) is 25.7 Å². The fourth-order valence-electron chi connectivity index (χ4n) is 5.97. The highest BCUT2D eigenvalue weighted by Crippen LogP contribution is 2.33. The van der Waals surface area contributed by atoms with Gasteiger partial charge in [-0.2, -0.15) is 4.37 Å². The molecule has 1 unspecified atom stereocenters. The van der Waals surface area contributed by atoms with E-state index in [4.69, 9.17) is 4.37 Å². The fraction of sp³-hybridized carbons (Fsp3) is 0.387. The Balaban J connectivity index is 1.00. The first kappa shape index (κ1) is 24.9. The molecule has 4 nitrogen and oxygen atoms in total. The number of hydrogen-bond acceptors (Lipinski definition) is 6. The van der Waals surface area contributed by atoms with Crippen molar-refractivity contribution in [2.24, 2.45) is 11.8 Å². The third kappa shape index (κ3) is 6.04. The van der Waals surface area contributed by atoms with Crippen molar-refractivity contribution in [1.29, 1.82) is 0 Å².